The third kappa shape index (κ3) is 4.88. The average molecular weight is 513 g/mol. The fourth-order valence-electron chi connectivity index (χ4n) is 6.34. The molecule has 3 aromatic carbocycles. The zero-order valence-electron chi connectivity index (χ0n) is 21.9. The first kappa shape index (κ1) is 24.9. The number of ether oxygens (including phenoxy) is 1. The SMILES string of the molecule is O=C(CN1CN(c2ccccc2)C2(CCN(Cc3cccc4ccccc34)CC2)C1=O)NCC1CCCO1. The molecule has 2 amide bonds. The van der Waals surface area contributed by atoms with Crippen molar-refractivity contribution >= 4 is 28.3 Å². The lowest BCUT2D eigenvalue weighted by Gasteiger charge is -2.43. The number of carbonyl (C=O) groups is 2. The van der Waals surface area contributed by atoms with Crippen LogP contribution >= 0.6 is 0 Å². The van der Waals surface area contributed by atoms with Gasteiger partial charge in [0.2, 0.25) is 11.8 Å². The van der Waals surface area contributed by atoms with Crippen molar-refractivity contribution in [2.45, 2.75) is 43.9 Å². The number of carbonyl (C=O) groups excluding carboxylic acids is 2. The highest BCUT2D eigenvalue weighted by molar-refractivity contribution is 5.96. The molecule has 0 radical (unpaired) electrons. The Balaban J connectivity index is 1.16. The van der Waals surface area contributed by atoms with E-state index in [1.54, 1.807) is 4.90 Å². The molecule has 198 valence electrons. The van der Waals surface area contributed by atoms with Gasteiger partial charge in [0.25, 0.3) is 0 Å². The van der Waals surface area contributed by atoms with Gasteiger partial charge >= 0.3 is 0 Å². The van der Waals surface area contributed by atoms with Crippen LogP contribution in [0.2, 0.25) is 0 Å². The fourth-order valence-corrected chi connectivity index (χ4v) is 6.34. The highest BCUT2D eigenvalue weighted by Crippen LogP contribution is 2.39. The monoisotopic (exact) mass is 512 g/mol. The normalized spacial score (nSPS) is 21.5. The molecule has 0 aliphatic carbocycles. The Morgan fingerprint density at radius 1 is 0.974 bits per heavy atom. The predicted molar refractivity (Wildman–Crippen MR) is 149 cm³/mol. The summed E-state index contributed by atoms with van der Waals surface area (Å²) in [6.07, 6.45) is 3.57. The molecule has 6 rings (SSSR count). The fraction of sp³-hybridized carbons (Fsp3) is 0.419. The van der Waals surface area contributed by atoms with Crippen LogP contribution in [0, 0.1) is 0 Å². The topological polar surface area (TPSA) is 65.1 Å². The minimum Gasteiger partial charge on any atom is -0.376 e. The molecule has 3 aliphatic rings. The molecular weight excluding hydrogens is 476 g/mol. The number of para-hydroxylation sites is 1. The largest absolute Gasteiger partial charge is 0.376 e. The molecule has 1 unspecified atom stereocenters. The number of fused-ring (bicyclic) bond motifs is 1. The molecule has 3 aliphatic heterocycles. The number of hydrogen-bond donors (Lipinski definition) is 1. The van der Waals surface area contributed by atoms with Crippen LogP contribution in [0.4, 0.5) is 5.69 Å². The van der Waals surface area contributed by atoms with E-state index in [1.807, 2.05) is 18.2 Å². The number of amides is 2. The highest BCUT2D eigenvalue weighted by atomic mass is 16.5. The number of likely N-dealkylation sites (tertiary alicyclic amines) is 1. The second-order valence-corrected chi connectivity index (χ2v) is 10.8. The summed E-state index contributed by atoms with van der Waals surface area (Å²) in [7, 11) is 0. The number of benzene rings is 3. The van der Waals surface area contributed by atoms with Gasteiger partial charge in [-0.3, -0.25) is 14.5 Å². The van der Waals surface area contributed by atoms with E-state index >= 15 is 0 Å². The minimum atomic E-state index is -0.620. The lowest BCUT2D eigenvalue weighted by Crippen LogP contribution is -2.56. The Kier molecular flexibility index (Phi) is 7.04. The second kappa shape index (κ2) is 10.8. The van der Waals surface area contributed by atoms with Crippen molar-refractivity contribution in [3.63, 3.8) is 0 Å². The van der Waals surface area contributed by atoms with Crippen LogP contribution in [-0.2, 0) is 20.9 Å². The molecule has 1 atom stereocenters. The van der Waals surface area contributed by atoms with Crippen molar-refractivity contribution < 1.29 is 14.3 Å². The Morgan fingerprint density at radius 2 is 1.74 bits per heavy atom. The maximum absolute atomic E-state index is 14.0. The molecule has 7 heteroatoms. The first-order chi connectivity index (χ1) is 18.6. The summed E-state index contributed by atoms with van der Waals surface area (Å²) in [4.78, 5) is 33.2. The van der Waals surface area contributed by atoms with Gasteiger partial charge in [-0.2, -0.15) is 0 Å². The van der Waals surface area contributed by atoms with Gasteiger partial charge in [0.15, 0.2) is 0 Å². The smallest absolute Gasteiger partial charge is 0.250 e. The summed E-state index contributed by atoms with van der Waals surface area (Å²) in [5.41, 5.74) is 1.73. The number of anilines is 1. The summed E-state index contributed by atoms with van der Waals surface area (Å²) in [5.74, 6) is -0.0502. The predicted octanol–water partition coefficient (Wildman–Crippen LogP) is 3.78. The van der Waals surface area contributed by atoms with Gasteiger partial charge in [-0.15, -0.1) is 0 Å². The van der Waals surface area contributed by atoms with Crippen molar-refractivity contribution in [2.75, 3.05) is 44.4 Å². The van der Waals surface area contributed by atoms with E-state index in [-0.39, 0.29) is 24.5 Å². The van der Waals surface area contributed by atoms with Crippen molar-refractivity contribution in [1.29, 1.82) is 0 Å². The number of hydrogen-bond acceptors (Lipinski definition) is 5. The molecule has 3 aromatic rings. The molecule has 0 saturated carbocycles. The minimum absolute atomic E-state index is 0.0680. The highest BCUT2D eigenvalue weighted by Gasteiger charge is 2.53. The third-order valence-corrected chi connectivity index (χ3v) is 8.42. The van der Waals surface area contributed by atoms with Gasteiger partial charge in [0.05, 0.1) is 12.8 Å². The molecule has 0 bridgehead atoms. The number of rotatable bonds is 7. The van der Waals surface area contributed by atoms with Crippen LogP contribution in [0.15, 0.2) is 72.8 Å². The quantitative estimate of drug-likeness (QED) is 0.522. The van der Waals surface area contributed by atoms with Crippen LogP contribution < -0.4 is 10.2 Å². The molecule has 3 fully saturated rings. The Labute approximate surface area is 224 Å². The van der Waals surface area contributed by atoms with Crippen LogP contribution in [0.25, 0.3) is 10.8 Å². The van der Waals surface area contributed by atoms with E-state index in [9.17, 15) is 9.59 Å². The molecule has 38 heavy (non-hydrogen) atoms. The molecule has 1 N–H and O–H groups in total. The van der Waals surface area contributed by atoms with Gasteiger partial charge < -0.3 is 19.9 Å². The summed E-state index contributed by atoms with van der Waals surface area (Å²) in [6, 6.07) is 25.2. The summed E-state index contributed by atoms with van der Waals surface area (Å²) in [5, 5.41) is 5.53. The van der Waals surface area contributed by atoms with E-state index in [1.165, 1.54) is 16.3 Å². The Hall–Kier alpha value is -3.42. The second-order valence-electron chi connectivity index (χ2n) is 10.8. The maximum Gasteiger partial charge on any atom is 0.250 e. The van der Waals surface area contributed by atoms with Gasteiger partial charge in [-0.25, -0.2) is 0 Å². The zero-order valence-corrected chi connectivity index (χ0v) is 21.9. The number of piperidine rings is 1. The van der Waals surface area contributed by atoms with Gasteiger partial charge in [0.1, 0.15) is 12.1 Å². The average Bonchev–Trinajstić information content (AvgIpc) is 3.57. The lowest BCUT2D eigenvalue weighted by molar-refractivity contribution is -0.137. The molecule has 1 spiro atoms. The van der Waals surface area contributed by atoms with E-state index in [0.29, 0.717) is 13.2 Å². The summed E-state index contributed by atoms with van der Waals surface area (Å²) >= 11 is 0. The van der Waals surface area contributed by atoms with Crippen LogP contribution in [0.1, 0.15) is 31.2 Å². The van der Waals surface area contributed by atoms with E-state index in [0.717, 1.165) is 57.6 Å². The van der Waals surface area contributed by atoms with Crippen LogP contribution in [0.3, 0.4) is 0 Å². The molecule has 3 saturated heterocycles. The lowest BCUT2D eigenvalue weighted by atomic mass is 9.85. The van der Waals surface area contributed by atoms with Crippen LogP contribution in [0.5, 0.6) is 0 Å². The molecule has 3 heterocycles. The Bertz CT molecular complexity index is 1280. The van der Waals surface area contributed by atoms with Crippen molar-refractivity contribution in [1.82, 2.24) is 15.1 Å². The zero-order chi connectivity index (χ0) is 26.0. The van der Waals surface area contributed by atoms with E-state index in [2.05, 4.69) is 69.7 Å². The molecule has 7 nitrogen and oxygen atoms in total. The van der Waals surface area contributed by atoms with Crippen LogP contribution in [-0.4, -0.2) is 72.7 Å². The Morgan fingerprint density at radius 3 is 2.53 bits per heavy atom. The number of nitrogens with zero attached hydrogens (tertiary/aromatic N) is 3. The van der Waals surface area contributed by atoms with E-state index < -0.39 is 5.54 Å². The molecule has 0 aromatic heterocycles. The standard InChI is InChI=1S/C31H36N4O3/c36-29(32-20-27-13-7-19-38-27)22-34-23-35(26-11-2-1-3-12-26)31(30(34)37)15-17-33(18-16-31)21-25-10-6-9-24-8-4-5-14-28(24)25/h1-6,8-12,14,27H,7,13,15-23H2,(H,32,36). The first-order valence-electron chi connectivity index (χ1n) is 13.8. The van der Waals surface area contributed by atoms with E-state index in [4.69, 9.17) is 4.74 Å². The third-order valence-electron chi connectivity index (χ3n) is 8.42. The van der Waals surface area contributed by atoms with Crippen molar-refractivity contribution in [3.05, 3.63) is 78.4 Å². The first-order valence-corrected chi connectivity index (χ1v) is 13.8. The molecular formula is C31H36N4O3. The maximum atomic E-state index is 14.0. The van der Waals surface area contributed by atoms with Crippen molar-refractivity contribution in [3.8, 4) is 0 Å². The summed E-state index contributed by atoms with van der Waals surface area (Å²) in [6.45, 7) is 4.31. The van der Waals surface area contributed by atoms with Gasteiger partial charge in [-0.05, 0) is 54.2 Å². The number of nitrogens with one attached hydrogen (secondary N) is 1. The van der Waals surface area contributed by atoms with Crippen molar-refractivity contribution in [2.24, 2.45) is 0 Å². The van der Waals surface area contributed by atoms with Gasteiger partial charge in [-0.1, -0.05) is 60.7 Å². The summed E-state index contributed by atoms with van der Waals surface area (Å²) < 4.78 is 5.63. The van der Waals surface area contributed by atoms with Gasteiger partial charge in [0, 0.05) is 38.5 Å².